The van der Waals surface area contributed by atoms with Crippen molar-refractivity contribution in [3.63, 3.8) is 0 Å². The topological polar surface area (TPSA) is 32.8 Å². The van der Waals surface area contributed by atoms with Crippen molar-refractivity contribution in [1.29, 1.82) is 0 Å². The number of carbonyl (C=O) groups excluding carboxylic acids is 1. The Bertz CT molecular complexity index is 252. The zero-order chi connectivity index (χ0) is 10.9. The van der Waals surface area contributed by atoms with Gasteiger partial charge in [0.1, 0.15) is 5.67 Å². The molecule has 0 bridgehead atoms. The molecular formula is C10H17FN2O2. The first kappa shape index (κ1) is 10.7. The van der Waals surface area contributed by atoms with Crippen LogP contribution in [0.1, 0.15) is 13.3 Å². The minimum absolute atomic E-state index is 0.0420. The van der Waals surface area contributed by atoms with E-state index in [4.69, 9.17) is 4.74 Å². The fourth-order valence-corrected chi connectivity index (χ4v) is 2.04. The van der Waals surface area contributed by atoms with Gasteiger partial charge in [0.2, 0.25) is 0 Å². The second kappa shape index (κ2) is 3.96. The van der Waals surface area contributed by atoms with Crippen LogP contribution in [0.3, 0.4) is 0 Å². The van der Waals surface area contributed by atoms with Gasteiger partial charge in [-0.05, 0) is 6.92 Å². The van der Waals surface area contributed by atoms with Crippen LogP contribution in [0.2, 0.25) is 0 Å². The number of rotatable bonds is 0. The van der Waals surface area contributed by atoms with E-state index in [1.54, 1.807) is 16.7 Å². The molecule has 0 spiro atoms. The van der Waals surface area contributed by atoms with E-state index in [-0.39, 0.29) is 12.6 Å². The van der Waals surface area contributed by atoms with E-state index in [0.29, 0.717) is 39.3 Å². The van der Waals surface area contributed by atoms with E-state index in [0.717, 1.165) is 0 Å². The van der Waals surface area contributed by atoms with E-state index in [1.807, 2.05) is 0 Å². The second-order valence-electron chi connectivity index (χ2n) is 4.47. The first-order chi connectivity index (χ1) is 7.08. The van der Waals surface area contributed by atoms with Gasteiger partial charge in [-0.1, -0.05) is 0 Å². The van der Waals surface area contributed by atoms with Crippen molar-refractivity contribution in [3.05, 3.63) is 0 Å². The quantitative estimate of drug-likeness (QED) is 0.602. The number of urea groups is 1. The fourth-order valence-electron chi connectivity index (χ4n) is 2.04. The Kier molecular flexibility index (Phi) is 2.82. The SMILES string of the molecule is CC1(F)CCN(C(=O)N2CCOCC2)C1. The maximum Gasteiger partial charge on any atom is 0.320 e. The number of morpholine rings is 1. The number of carbonyl (C=O) groups is 1. The van der Waals surface area contributed by atoms with Gasteiger partial charge in [-0.25, -0.2) is 9.18 Å². The molecule has 1 unspecified atom stereocenters. The third kappa shape index (κ3) is 2.40. The number of alkyl halides is 1. The number of amides is 2. The molecule has 2 aliphatic rings. The average Bonchev–Trinajstić information content (AvgIpc) is 2.59. The van der Waals surface area contributed by atoms with Gasteiger partial charge in [-0.2, -0.15) is 0 Å². The van der Waals surface area contributed by atoms with E-state index in [2.05, 4.69) is 0 Å². The summed E-state index contributed by atoms with van der Waals surface area (Å²) in [6, 6.07) is -0.0420. The molecule has 0 aromatic carbocycles. The number of halogens is 1. The third-order valence-corrected chi connectivity index (χ3v) is 2.98. The van der Waals surface area contributed by atoms with Crippen LogP contribution in [0.25, 0.3) is 0 Å². The van der Waals surface area contributed by atoms with Crippen LogP contribution >= 0.6 is 0 Å². The summed E-state index contributed by atoms with van der Waals surface area (Å²) in [6.07, 6.45) is 0.448. The van der Waals surface area contributed by atoms with Gasteiger partial charge in [-0.3, -0.25) is 0 Å². The molecule has 2 heterocycles. The Morgan fingerprint density at radius 2 is 1.93 bits per heavy atom. The van der Waals surface area contributed by atoms with E-state index in [9.17, 15) is 9.18 Å². The normalized spacial score (nSPS) is 32.1. The van der Waals surface area contributed by atoms with Crippen LogP contribution in [0.4, 0.5) is 9.18 Å². The number of ether oxygens (including phenoxy) is 1. The monoisotopic (exact) mass is 216 g/mol. The van der Waals surface area contributed by atoms with Crippen molar-refractivity contribution in [1.82, 2.24) is 9.80 Å². The van der Waals surface area contributed by atoms with E-state index < -0.39 is 5.67 Å². The molecule has 2 rings (SSSR count). The van der Waals surface area contributed by atoms with Gasteiger partial charge in [0, 0.05) is 26.1 Å². The predicted octanol–water partition coefficient (Wildman–Crippen LogP) is 0.873. The van der Waals surface area contributed by atoms with Crippen molar-refractivity contribution in [2.24, 2.45) is 0 Å². The predicted molar refractivity (Wildman–Crippen MR) is 53.5 cm³/mol. The van der Waals surface area contributed by atoms with Crippen LogP contribution in [0.5, 0.6) is 0 Å². The molecule has 0 saturated carbocycles. The number of nitrogens with zero attached hydrogens (tertiary/aromatic N) is 2. The molecule has 0 aromatic heterocycles. The Morgan fingerprint density at radius 3 is 2.47 bits per heavy atom. The van der Waals surface area contributed by atoms with Crippen LogP contribution in [0, 0.1) is 0 Å². The van der Waals surface area contributed by atoms with E-state index in [1.165, 1.54) is 0 Å². The average molecular weight is 216 g/mol. The summed E-state index contributed by atoms with van der Waals surface area (Å²) in [7, 11) is 0. The molecule has 0 radical (unpaired) electrons. The fraction of sp³-hybridized carbons (Fsp3) is 0.900. The summed E-state index contributed by atoms with van der Waals surface area (Å²) in [5.41, 5.74) is -1.21. The van der Waals surface area contributed by atoms with Crippen LogP contribution in [-0.4, -0.2) is 60.9 Å². The molecule has 4 nitrogen and oxygen atoms in total. The highest BCUT2D eigenvalue weighted by Gasteiger charge is 2.37. The molecule has 86 valence electrons. The van der Waals surface area contributed by atoms with Gasteiger partial charge in [0.25, 0.3) is 0 Å². The second-order valence-corrected chi connectivity index (χ2v) is 4.47. The lowest BCUT2D eigenvalue weighted by Gasteiger charge is -2.31. The smallest absolute Gasteiger partial charge is 0.320 e. The maximum atomic E-state index is 13.6. The highest BCUT2D eigenvalue weighted by molar-refractivity contribution is 5.75. The van der Waals surface area contributed by atoms with E-state index >= 15 is 0 Å². The molecule has 1 atom stereocenters. The summed E-state index contributed by atoms with van der Waals surface area (Å²) < 4.78 is 18.7. The Labute approximate surface area is 89.0 Å². The summed E-state index contributed by atoms with van der Waals surface area (Å²) in [5, 5.41) is 0. The lowest BCUT2D eigenvalue weighted by molar-refractivity contribution is 0.0439. The molecular weight excluding hydrogens is 199 g/mol. The van der Waals surface area contributed by atoms with Gasteiger partial charge in [0.15, 0.2) is 0 Å². The minimum Gasteiger partial charge on any atom is -0.378 e. The molecule has 2 fully saturated rings. The molecule has 2 aliphatic heterocycles. The van der Waals surface area contributed by atoms with Crippen molar-refractivity contribution >= 4 is 6.03 Å². The Balaban J connectivity index is 1.90. The number of hydrogen-bond donors (Lipinski definition) is 0. The summed E-state index contributed by atoms with van der Waals surface area (Å²) in [5.74, 6) is 0. The minimum atomic E-state index is -1.21. The number of hydrogen-bond acceptors (Lipinski definition) is 2. The van der Waals surface area contributed by atoms with Crippen molar-refractivity contribution in [2.45, 2.75) is 19.0 Å². The highest BCUT2D eigenvalue weighted by atomic mass is 19.1. The Hall–Kier alpha value is -0.840. The van der Waals surface area contributed by atoms with Gasteiger partial charge in [0.05, 0.1) is 19.8 Å². The number of likely N-dealkylation sites (tertiary alicyclic amines) is 1. The molecule has 2 amide bonds. The molecule has 15 heavy (non-hydrogen) atoms. The third-order valence-electron chi connectivity index (χ3n) is 2.98. The van der Waals surface area contributed by atoms with Gasteiger partial charge in [-0.15, -0.1) is 0 Å². The first-order valence-electron chi connectivity index (χ1n) is 5.39. The maximum absolute atomic E-state index is 13.6. The van der Waals surface area contributed by atoms with Crippen molar-refractivity contribution in [3.8, 4) is 0 Å². The van der Waals surface area contributed by atoms with Crippen LogP contribution in [-0.2, 0) is 4.74 Å². The standard InChI is InChI=1S/C10H17FN2O2/c1-10(11)2-3-13(8-10)9(14)12-4-6-15-7-5-12/h2-8H2,1H3. The van der Waals surface area contributed by atoms with Gasteiger partial charge < -0.3 is 14.5 Å². The zero-order valence-electron chi connectivity index (χ0n) is 9.04. The molecule has 0 aliphatic carbocycles. The Morgan fingerprint density at radius 1 is 1.27 bits per heavy atom. The largest absolute Gasteiger partial charge is 0.378 e. The molecule has 2 saturated heterocycles. The molecule has 5 heteroatoms. The van der Waals surface area contributed by atoms with Crippen LogP contribution in [0.15, 0.2) is 0 Å². The van der Waals surface area contributed by atoms with Crippen molar-refractivity contribution in [2.75, 3.05) is 39.4 Å². The lowest BCUT2D eigenvalue weighted by Crippen LogP contribution is -2.48. The molecule has 0 N–H and O–H groups in total. The summed E-state index contributed by atoms with van der Waals surface area (Å²) in [6.45, 7) is 4.74. The summed E-state index contributed by atoms with van der Waals surface area (Å²) in [4.78, 5) is 15.3. The zero-order valence-corrected chi connectivity index (χ0v) is 9.04. The molecule has 0 aromatic rings. The first-order valence-corrected chi connectivity index (χ1v) is 5.39. The van der Waals surface area contributed by atoms with Crippen LogP contribution < -0.4 is 0 Å². The van der Waals surface area contributed by atoms with Gasteiger partial charge >= 0.3 is 6.03 Å². The lowest BCUT2D eigenvalue weighted by atomic mass is 10.1. The summed E-state index contributed by atoms with van der Waals surface area (Å²) >= 11 is 0. The van der Waals surface area contributed by atoms with Crippen molar-refractivity contribution < 1.29 is 13.9 Å². The highest BCUT2D eigenvalue weighted by Crippen LogP contribution is 2.25.